The minimum absolute atomic E-state index is 0.0444. The normalized spacial score (nSPS) is 15.4. The minimum atomic E-state index is -3.56. The molecule has 1 N–H and O–H groups in total. The van der Waals surface area contributed by atoms with E-state index in [2.05, 4.69) is 9.82 Å². The van der Waals surface area contributed by atoms with E-state index in [1.165, 1.54) is 16.8 Å². The highest BCUT2D eigenvalue weighted by molar-refractivity contribution is 7.89. The fourth-order valence-electron chi connectivity index (χ4n) is 2.33. The van der Waals surface area contributed by atoms with Crippen LogP contribution in [0.25, 0.3) is 5.69 Å². The lowest BCUT2D eigenvalue weighted by Crippen LogP contribution is -2.26. The Labute approximate surface area is 122 Å². The molecular weight excluding hydrogens is 293 g/mol. The lowest BCUT2D eigenvalue weighted by Gasteiger charge is -2.07. The van der Waals surface area contributed by atoms with Crippen LogP contribution in [0.2, 0.25) is 0 Å². The number of nitrogens with zero attached hydrogens (tertiary/aromatic N) is 2. The van der Waals surface area contributed by atoms with Crippen LogP contribution in [-0.2, 0) is 10.0 Å². The second-order valence-corrected chi connectivity index (χ2v) is 6.93. The Bertz CT molecular complexity index is 777. The summed E-state index contributed by atoms with van der Waals surface area (Å²) in [6.45, 7) is 3.36. The summed E-state index contributed by atoms with van der Waals surface area (Å²) in [5.74, 6) is -0.344. The molecule has 1 aliphatic rings. The first-order chi connectivity index (χ1) is 9.88. The van der Waals surface area contributed by atoms with Crippen molar-refractivity contribution in [3.8, 4) is 5.69 Å². The smallest absolute Gasteiger partial charge is 0.236 e. The monoisotopic (exact) mass is 309 g/mol. The van der Waals surface area contributed by atoms with Gasteiger partial charge >= 0.3 is 0 Å². The maximum Gasteiger partial charge on any atom is 0.244 e. The van der Waals surface area contributed by atoms with Gasteiger partial charge in [0.2, 0.25) is 10.0 Å². The molecule has 0 bridgehead atoms. The van der Waals surface area contributed by atoms with Crippen LogP contribution in [0.3, 0.4) is 0 Å². The number of sulfonamides is 1. The summed E-state index contributed by atoms with van der Waals surface area (Å²) in [6, 6.07) is 5.83. The van der Waals surface area contributed by atoms with E-state index in [-0.39, 0.29) is 16.8 Å². The highest BCUT2D eigenvalue weighted by atomic mass is 32.2. The van der Waals surface area contributed by atoms with E-state index in [0.29, 0.717) is 17.1 Å². The van der Waals surface area contributed by atoms with Crippen molar-refractivity contribution in [1.29, 1.82) is 0 Å². The Kier molecular flexibility index (Phi) is 3.33. The van der Waals surface area contributed by atoms with Crippen molar-refractivity contribution in [1.82, 2.24) is 14.5 Å². The number of benzene rings is 1. The van der Waals surface area contributed by atoms with E-state index in [1.54, 1.807) is 26.0 Å². The van der Waals surface area contributed by atoms with Gasteiger partial charge in [-0.1, -0.05) is 0 Å². The van der Waals surface area contributed by atoms with Crippen LogP contribution in [0, 0.1) is 19.7 Å². The van der Waals surface area contributed by atoms with Gasteiger partial charge in [-0.05, 0) is 51.0 Å². The topological polar surface area (TPSA) is 64.0 Å². The van der Waals surface area contributed by atoms with Crippen LogP contribution in [0.5, 0.6) is 0 Å². The molecule has 2 aromatic rings. The minimum Gasteiger partial charge on any atom is -0.236 e. The Morgan fingerprint density at radius 1 is 1.24 bits per heavy atom. The number of rotatable bonds is 4. The molecule has 0 spiro atoms. The standard InChI is InChI=1S/C14H16FN3O2S/c1-9-14(21(19,20)17-12-5-6-12)10(2)18(16-9)13-7-3-11(15)4-8-13/h3-4,7-8,12,17H,5-6H2,1-2H3. The van der Waals surface area contributed by atoms with Crippen molar-refractivity contribution in [3.63, 3.8) is 0 Å². The fourth-order valence-corrected chi connectivity index (χ4v) is 4.03. The molecule has 112 valence electrons. The van der Waals surface area contributed by atoms with Crippen LogP contribution in [0.4, 0.5) is 4.39 Å². The van der Waals surface area contributed by atoms with Crippen LogP contribution in [-0.4, -0.2) is 24.2 Å². The van der Waals surface area contributed by atoms with Crippen molar-refractivity contribution in [2.24, 2.45) is 0 Å². The van der Waals surface area contributed by atoms with E-state index >= 15 is 0 Å². The average molecular weight is 309 g/mol. The summed E-state index contributed by atoms with van der Waals surface area (Å²) < 4.78 is 42.0. The third kappa shape index (κ3) is 2.71. The molecule has 0 unspecified atom stereocenters. The summed E-state index contributed by atoms with van der Waals surface area (Å²) >= 11 is 0. The molecule has 1 saturated carbocycles. The van der Waals surface area contributed by atoms with E-state index in [9.17, 15) is 12.8 Å². The third-order valence-corrected chi connectivity index (χ3v) is 5.24. The van der Waals surface area contributed by atoms with Gasteiger partial charge in [-0.25, -0.2) is 22.2 Å². The SMILES string of the molecule is Cc1nn(-c2ccc(F)cc2)c(C)c1S(=O)(=O)NC1CC1. The second-order valence-electron chi connectivity index (χ2n) is 5.28. The van der Waals surface area contributed by atoms with E-state index < -0.39 is 10.0 Å². The molecule has 7 heteroatoms. The lowest BCUT2D eigenvalue weighted by atomic mass is 10.3. The highest BCUT2D eigenvalue weighted by Crippen LogP contribution is 2.26. The number of aryl methyl sites for hydroxylation is 1. The molecule has 1 aromatic carbocycles. The summed E-state index contributed by atoms with van der Waals surface area (Å²) in [4.78, 5) is 0.207. The molecule has 3 rings (SSSR count). The number of hydrogen-bond acceptors (Lipinski definition) is 3. The van der Waals surface area contributed by atoms with E-state index in [1.807, 2.05) is 0 Å². The quantitative estimate of drug-likeness (QED) is 0.940. The average Bonchev–Trinajstić information content (AvgIpc) is 3.14. The molecule has 0 amide bonds. The van der Waals surface area contributed by atoms with E-state index in [4.69, 9.17) is 0 Å². The van der Waals surface area contributed by atoms with Gasteiger partial charge in [-0.15, -0.1) is 0 Å². The zero-order chi connectivity index (χ0) is 15.2. The van der Waals surface area contributed by atoms with Crippen LogP contribution >= 0.6 is 0 Å². The van der Waals surface area contributed by atoms with Gasteiger partial charge in [0.05, 0.1) is 17.1 Å². The van der Waals surface area contributed by atoms with Gasteiger partial charge in [0, 0.05) is 6.04 Å². The molecule has 5 nitrogen and oxygen atoms in total. The van der Waals surface area contributed by atoms with Crippen LogP contribution < -0.4 is 4.72 Å². The molecule has 1 aromatic heterocycles. The molecular formula is C14H16FN3O2S. The van der Waals surface area contributed by atoms with Gasteiger partial charge in [-0.2, -0.15) is 5.10 Å². The van der Waals surface area contributed by atoms with Crippen molar-refractivity contribution in [3.05, 3.63) is 41.5 Å². The van der Waals surface area contributed by atoms with Gasteiger partial charge in [0.15, 0.2) is 0 Å². The molecule has 0 radical (unpaired) electrons. The lowest BCUT2D eigenvalue weighted by molar-refractivity contribution is 0.579. The van der Waals surface area contributed by atoms with Crippen molar-refractivity contribution in [2.75, 3.05) is 0 Å². The highest BCUT2D eigenvalue weighted by Gasteiger charge is 2.32. The van der Waals surface area contributed by atoms with Gasteiger partial charge in [0.25, 0.3) is 0 Å². The first-order valence-electron chi connectivity index (χ1n) is 6.73. The summed E-state index contributed by atoms with van der Waals surface area (Å²) in [7, 11) is -3.56. The van der Waals surface area contributed by atoms with Gasteiger partial charge in [0.1, 0.15) is 10.7 Å². The number of hydrogen-bond donors (Lipinski definition) is 1. The first-order valence-corrected chi connectivity index (χ1v) is 8.21. The zero-order valence-electron chi connectivity index (χ0n) is 11.8. The third-order valence-electron chi connectivity index (χ3n) is 3.46. The molecule has 1 heterocycles. The fraction of sp³-hybridized carbons (Fsp3) is 0.357. The largest absolute Gasteiger partial charge is 0.244 e. The predicted octanol–water partition coefficient (Wildman–Crippen LogP) is 2.07. The van der Waals surface area contributed by atoms with Gasteiger partial charge < -0.3 is 0 Å². The molecule has 0 aliphatic heterocycles. The first kappa shape index (κ1) is 14.2. The Hall–Kier alpha value is -1.73. The molecule has 0 atom stereocenters. The maximum absolute atomic E-state index is 13.0. The predicted molar refractivity (Wildman–Crippen MR) is 76.3 cm³/mol. The summed E-state index contributed by atoms with van der Waals surface area (Å²) in [5, 5.41) is 4.28. The maximum atomic E-state index is 13.0. The molecule has 1 fully saturated rings. The second kappa shape index (κ2) is 4.92. The number of nitrogens with one attached hydrogen (secondary N) is 1. The Morgan fingerprint density at radius 2 is 1.86 bits per heavy atom. The van der Waals surface area contributed by atoms with Crippen molar-refractivity contribution < 1.29 is 12.8 Å². The Morgan fingerprint density at radius 3 is 2.43 bits per heavy atom. The molecule has 21 heavy (non-hydrogen) atoms. The molecule has 0 saturated heterocycles. The van der Waals surface area contributed by atoms with Gasteiger partial charge in [-0.3, -0.25) is 0 Å². The van der Waals surface area contributed by atoms with E-state index in [0.717, 1.165) is 12.8 Å². The van der Waals surface area contributed by atoms with Crippen molar-refractivity contribution in [2.45, 2.75) is 37.6 Å². The van der Waals surface area contributed by atoms with Crippen molar-refractivity contribution >= 4 is 10.0 Å². The molecule has 1 aliphatic carbocycles. The summed E-state index contributed by atoms with van der Waals surface area (Å²) in [5.41, 5.74) is 1.59. The van der Waals surface area contributed by atoms with Crippen LogP contribution in [0.1, 0.15) is 24.2 Å². The summed E-state index contributed by atoms with van der Waals surface area (Å²) in [6.07, 6.45) is 1.76. The number of halogens is 1. The van der Waals surface area contributed by atoms with Crippen LogP contribution in [0.15, 0.2) is 29.2 Å². The zero-order valence-corrected chi connectivity index (χ0v) is 12.6. The number of aromatic nitrogens is 2. The Balaban J connectivity index is 2.05.